The van der Waals surface area contributed by atoms with Gasteiger partial charge in [-0.1, -0.05) is 6.07 Å². The Labute approximate surface area is 112 Å². The van der Waals surface area contributed by atoms with Crippen LogP contribution in [0.5, 0.6) is 0 Å². The van der Waals surface area contributed by atoms with E-state index in [1.165, 1.54) is 0 Å². The van der Waals surface area contributed by atoms with Crippen LogP contribution in [0.4, 0.5) is 5.95 Å². The van der Waals surface area contributed by atoms with Crippen molar-refractivity contribution in [1.29, 1.82) is 0 Å². The van der Waals surface area contributed by atoms with Gasteiger partial charge in [0.1, 0.15) is 6.04 Å². The van der Waals surface area contributed by atoms with Gasteiger partial charge in [-0.15, -0.1) is 5.10 Å². The van der Waals surface area contributed by atoms with Crippen molar-refractivity contribution in [3.8, 4) is 0 Å². The van der Waals surface area contributed by atoms with Gasteiger partial charge in [-0.05, 0) is 32.9 Å². The van der Waals surface area contributed by atoms with Gasteiger partial charge in [0.2, 0.25) is 11.9 Å². The summed E-state index contributed by atoms with van der Waals surface area (Å²) in [6.07, 6.45) is 1.82. The van der Waals surface area contributed by atoms with Gasteiger partial charge in [0.15, 0.2) is 5.65 Å². The Hall–Kier alpha value is -2.11. The van der Waals surface area contributed by atoms with Crippen LogP contribution in [0.3, 0.4) is 0 Å². The van der Waals surface area contributed by atoms with Crippen LogP contribution in [0.1, 0.15) is 20.8 Å². The lowest BCUT2D eigenvalue weighted by molar-refractivity contribution is -0.131. The van der Waals surface area contributed by atoms with Crippen LogP contribution >= 0.6 is 0 Å². The molecule has 102 valence electrons. The molecule has 0 radical (unpaired) electrons. The fourth-order valence-electron chi connectivity index (χ4n) is 1.96. The van der Waals surface area contributed by atoms with E-state index in [-0.39, 0.29) is 11.9 Å². The second-order valence-corrected chi connectivity index (χ2v) is 4.32. The maximum absolute atomic E-state index is 12.1. The van der Waals surface area contributed by atoms with E-state index >= 15 is 0 Å². The van der Waals surface area contributed by atoms with E-state index in [4.69, 9.17) is 0 Å². The molecule has 0 aliphatic carbocycles. The van der Waals surface area contributed by atoms with Crippen molar-refractivity contribution >= 4 is 17.5 Å². The largest absolute Gasteiger partial charge is 0.341 e. The highest BCUT2D eigenvalue weighted by molar-refractivity contribution is 5.83. The summed E-state index contributed by atoms with van der Waals surface area (Å²) < 4.78 is 1.68. The lowest BCUT2D eigenvalue weighted by atomic mass is 10.3. The van der Waals surface area contributed by atoms with Gasteiger partial charge in [0.05, 0.1) is 0 Å². The van der Waals surface area contributed by atoms with E-state index < -0.39 is 0 Å². The van der Waals surface area contributed by atoms with E-state index in [2.05, 4.69) is 15.4 Å². The van der Waals surface area contributed by atoms with Crippen LogP contribution < -0.4 is 5.32 Å². The summed E-state index contributed by atoms with van der Waals surface area (Å²) in [5, 5.41) is 7.32. The van der Waals surface area contributed by atoms with Crippen molar-refractivity contribution in [3.63, 3.8) is 0 Å². The summed E-state index contributed by atoms with van der Waals surface area (Å²) in [4.78, 5) is 18.2. The fraction of sp³-hybridized carbons (Fsp3) is 0.462. The zero-order valence-corrected chi connectivity index (χ0v) is 11.5. The van der Waals surface area contributed by atoms with Gasteiger partial charge in [0, 0.05) is 19.3 Å². The zero-order chi connectivity index (χ0) is 13.8. The highest BCUT2D eigenvalue weighted by Gasteiger charge is 2.19. The molecule has 0 spiro atoms. The number of amides is 1. The van der Waals surface area contributed by atoms with Crippen molar-refractivity contribution in [2.75, 3.05) is 18.4 Å². The number of aromatic nitrogens is 3. The van der Waals surface area contributed by atoms with Crippen molar-refractivity contribution in [3.05, 3.63) is 24.4 Å². The van der Waals surface area contributed by atoms with E-state index in [0.29, 0.717) is 19.0 Å². The Morgan fingerprint density at radius 2 is 2.16 bits per heavy atom. The van der Waals surface area contributed by atoms with Gasteiger partial charge in [-0.3, -0.25) is 4.79 Å². The van der Waals surface area contributed by atoms with Gasteiger partial charge in [0.25, 0.3) is 0 Å². The number of rotatable bonds is 5. The van der Waals surface area contributed by atoms with Crippen LogP contribution in [-0.2, 0) is 4.79 Å². The molecule has 2 aromatic heterocycles. The summed E-state index contributed by atoms with van der Waals surface area (Å²) in [5.41, 5.74) is 0.757. The van der Waals surface area contributed by atoms with Crippen molar-refractivity contribution < 1.29 is 4.79 Å². The third-order valence-corrected chi connectivity index (χ3v) is 3.03. The number of likely N-dealkylation sites (N-methyl/N-ethyl adjacent to an activating group) is 1. The first kappa shape index (κ1) is 13.3. The molecule has 1 unspecified atom stereocenters. The number of nitrogens with zero attached hydrogens (tertiary/aromatic N) is 4. The van der Waals surface area contributed by atoms with Crippen LogP contribution in [0.15, 0.2) is 24.4 Å². The predicted molar refractivity (Wildman–Crippen MR) is 74.0 cm³/mol. The Balaban J connectivity index is 2.09. The number of hydrogen-bond acceptors (Lipinski definition) is 4. The van der Waals surface area contributed by atoms with Crippen molar-refractivity contribution in [2.24, 2.45) is 0 Å². The number of hydrogen-bond donors (Lipinski definition) is 1. The molecular weight excluding hydrogens is 242 g/mol. The number of anilines is 1. The molecule has 0 bridgehead atoms. The topological polar surface area (TPSA) is 62.5 Å². The van der Waals surface area contributed by atoms with Gasteiger partial charge < -0.3 is 10.2 Å². The lowest BCUT2D eigenvalue weighted by Gasteiger charge is -2.22. The fourth-order valence-corrected chi connectivity index (χ4v) is 1.96. The molecular formula is C13H19N5O. The molecule has 6 nitrogen and oxygen atoms in total. The molecule has 2 heterocycles. The quantitative estimate of drug-likeness (QED) is 0.883. The monoisotopic (exact) mass is 261 g/mol. The van der Waals surface area contributed by atoms with Crippen molar-refractivity contribution in [2.45, 2.75) is 26.8 Å². The second kappa shape index (κ2) is 5.69. The SMILES string of the molecule is CCN(CC)C(=O)C(C)Nc1nc2ccccn2n1. The molecule has 19 heavy (non-hydrogen) atoms. The molecule has 0 saturated carbocycles. The smallest absolute Gasteiger partial charge is 0.244 e. The number of pyridine rings is 1. The summed E-state index contributed by atoms with van der Waals surface area (Å²) in [7, 11) is 0. The molecule has 1 N–H and O–H groups in total. The summed E-state index contributed by atoms with van der Waals surface area (Å²) in [5.74, 6) is 0.531. The zero-order valence-electron chi connectivity index (χ0n) is 11.5. The highest BCUT2D eigenvalue weighted by Crippen LogP contribution is 2.07. The number of fused-ring (bicyclic) bond motifs is 1. The van der Waals surface area contributed by atoms with Crippen LogP contribution in [0.25, 0.3) is 5.65 Å². The van der Waals surface area contributed by atoms with E-state index in [0.717, 1.165) is 5.65 Å². The average Bonchev–Trinajstić information content (AvgIpc) is 2.82. The molecule has 1 atom stereocenters. The molecule has 0 fully saturated rings. The molecule has 2 aromatic rings. The third kappa shape index (κ3) is 2.83. The summed E-state index contributed by atoms with van der Waals surface area (Å²) in [6.45, 7) is 7.18. The van der Waals surface area contributed by atoms with Gasteiger partial charge in [-0.2, -0.15) is 4.98 Å². The summed E-state index contributed by atoms with van der Waals surface area (Å²) in [6, 6.07) is 5.32. The number of carbonyl (C=O) groups is 1. The Kier molecular flexibility index (Phi) is 3.99. The van der Waals surface area contributed by atoms with E-state index in [9.17, 15) is 4.79 Å². The molecule has 0 aliphatic rings. The minimum absolute atomic E-state index is 0.0591. The van der Waals surface area contributed by atoms with Crippen LogP contribution in [-0.4, -0.2) is 44.5 Å². The molecule has 0 aliphatic heterocycles. The molecule has 1 amide bonds. The molecule has 6 heteroatoms. The maximum Gasteiger partial charge on any atom is 0.244 e. The first-order chi connectivity index (χ1) is 9.15. The maximum atomic E-state index is 12.1. The highest BCUT2D eigenvalue weighted by atomic mass is 16.2. The number of carbonyl (C=O) groups excluding carboxylic acids is 1. The normalized spacial score (nSPS) is 12.4. The predicted octanol–water partition coefficient (Wildman–Crippen LogP) is 1.40. The van der Waals surface area contributed by atoms with E-state index in [1.54, 1.807) is 9.42 Å². The molecule has 2 rings (SSSR count). The standard InChI is InChI=1S/C13H19N5O/c1-4-17(5-2)12(19)10(3)14-13-15-11-8-6-7-9-18(11)16-13/h6-10H,4-5H2,1-3H3,(H,14,16). The Morgan fingerprint density at radius 1 is 1.42 bits per heavy atom. The summed E-state index contributed by atoms with van der Waals surface area (Å²) >= 11 is 0. The first-order valence-corrected chi connectivity index (χ1v) is 6.52. The lowest BCUT2D eigenvalue weighted by Crippen LogP contribution is -2.41. The van der Waals surface area contributed by atoms with Crippen LogP contribution in [0, 0.1) is 0 Å². The minimum Gasteiger partial charge on any atom is -0.341 e. The first-order valence-electron chi connectivity index (χ1n) is 6.52. The Morgan fingerprint density at radius 3 is 2.79 bits per heavy atom. The molecule has 0 aromatic carbocycles. The minimum atomic E-state index is -0.336. The molecule has 0 saturated heterocycles. The van der Waals surface area contributed by atoms with Crippen LogP contribution in [0.2, 0.25) is 0 Å². The number of nitrogens with one attached hydrogen (secondary N) is 1. The van der Waals surface area contributed by atoms with E-state index in [1.807, 2.05) is 45.2 Å². The average molecular weight is 261 g/mol. The Bertz CT molecular complexity index is 528. The van der Waals surface area contributed by atoms with Gasteiger partial charge in [-0.25, -0.2) is 4.52 Å². The second-order valence-electron chi connectivity index (χ2n) is 4.32. The van der Waals surface area contributed by atoms with Crippen molar-refractivity contribution in [1.82, 2.24) is 19.5 Å². The van der Waals surface area contributed by atoms with Gasteiger partial charge >= 0.3 is 0 Å². The third-order valence-electron chi connectivity index (χ3n) is 3.03.